The van der Waals surface area contributed by atoms with Crippen molar-refractivity contribution >= 4 is 12.0 Å². The molecule has 0 saturated carbocycles. The number of hydrogen-bond acceptors (Lipinski definition) is 4. The molecule has 32 heavy (non-hydrogen) atoms. The number of H-pyrrole nitrogens is 1. The van der Waals surface area contributed by atoms with Gasteiger partial charge < -0.3 is 15.0 Å². The molecule has 1 aromatic heterocycles. The third-order valence-electron chi connectivity index (χ3n) is 6.29. The molecule has 1 aliphatic heterocycles. The predicted octanol–water partition coefficient (Wildman–Crippen LogP) is 4.46. The van der Waals surface area contributed by atoms with Crippen molar-refractivity contribution in [1.82, 2.24) is 20.4 Å². The van der Waals surface area contributed by atoms with Crippen molar-refractivity contribution in [3.63, 3.8) is 0 Å². The van der Waals surface area contributed by atoms with E-state index in [9.17, 15) is 9.59 Å². The Labute approximate surface area is 189 Å². The van der Waals surface area contributed by atoms with Crippen molar-refractivity contribution in [3.8, 4) is 0 Å². The summed E-state index contributed by atoms with van der Waals surface area (Å²) >= 11 is 0. The summed E-state index contributed by atoms with van der Waals surface area (Å²) in [4.78, 5) is 27.4. The van der Waals surface area contributed by atoms with Gasteiger partial charge in [0.05, 0.1) is 12.6 Å². The third-order valence-corrected chi connectivity index (χ3v) is 6.29. The second kappa shape index (κ2) is 8.96. The Kier molecular flexibility index (Phi) is 6.26. The van der Waals surface area contributed by atoms with Crippen LogP contribution < -0.4 is 5.32 Å². The SMILES string of the molecule is CCC(NC(=O)c1n[nH]c2c1CN(C(=O)OC(C)(C)C)CC2)c1ccc2c(c1)CCCC2. The summed E-state index contributed by atoms with van der Waals surface area (Å²) in [6.45, 7) is 8.49. The molecule has 7 nitrogen and oxygen atoms in total. The Bertz CT molecular complexity index is 1010. The van der Waals surface area contributed by atoms with Crippen LogP contribution in [0.3, 0.4) is 0 Å². The van der Waals surface area contributed by atoms with Crippen LogP contribution in [0, 0.1) is 0 Å². The van der Waals surface area contributed by atoms with Crippen molar-refractivity contribution in [2.45, 2.75) is 84.4 Å². The number of aromatic amines is 1. The Hall–Kier alpha value is -2.83. The molecule has 0 spiro atoms. The number of carbonyl (C=O) groups excluding carboxylic acids is 2. The molecule has 1 unspecified atom stereocenters. The highest BCUT2D eigenvalue weighted by atomic mass is 16.6. The summed E-state index contributed by atoms with van der Waals surface area (Å²) in [5, 5.41) is 10.5. The summed E-state index contributed by atoms with van der Waals surface area (Å²) < 4.78 is 5.51. The second-order valence-electron chi connectivity index (χ2n) is 9.85. The van der Waals surface area contributed by atoms with E-state index in [1.165, 1.54) is 24.0 Å². The average Bonchev–Trinajstić information content (AvgIpc) is 3.19. The number of nitrogens with zero attached hydrogens (tertiary/aromatic N) is 2. The quantitative estimate of drug-likeness (QED) is 0.738. The highest BCUT2D eigenvalue weighted by Crippen LogP contribution is 2.27. The molecule has 2 amide bonds. The van der Waals surface area contributed by atoms with E-state index < -0.39 is 5.60 Å². The van der Waals surface area contributed by atoms with Crippen LogP contribution in [0.25, 0.3) is 0 Å². The summed E-state index contributed by atoms with van der Waals surface area (Å²) in [6, 6.07) is 6.54. The van der Waals surface area contributed by atoms with Crippen LogP contribution in [0.15, 0.2) is 18.2 Å². The van der Waals surface area contributed by atoms with Crippen LogP contribution in [-0.2, 0) is 30.5 Å². The zero-order valence-electron chi connectivity index (χ0n) is 19.6. The predicted molar refractivity (Wildman–Crippen MR) is 123 cm³/mol. The van der Waals surface area contributed by atoms with Gasteiger partial charge >= 0.3 is 6.09 Å². The fourth-order valence-electron chi connectivity index (χ4n) is 4.58. The van der Waals surface area contributed by atoms with Crippen molar-refractivity contribution < 1.29 is 14.3 Å². The Balaban J connectivity index is 1.49. The van der Waals surface area contributed by atoms with Crippen molar-refractivity contribution in [2.24, 2.45) is 0 Å². The molecular weight excluding hydrogens is 404 g/mol. The number of aryl methyl sites for hydroxylation is 2. The molecule has 2 N–H and O–H groups in total. The first-order valence-corrected chi connectivity index (χ1v) is 11.7. The van der Waals surface area contributed by atoms with Gasteiger partial charge in [-0.2, -0.15) is 5.10 Å². The minimum Gasteiger partial charge on any atom is -0.444 e. The number of aromatic nitrogens is 2. The monoisotopic (exact) mass is 438 g/mol. The highest BCUT2D eigenvalue weighted by molar-refractivity contribution is 5.94. The fourth-order valence-corrected chi connectivity index (χ4v) is 4.58. The van der Waals surface area contributed by atoms with Crippen LogP contribution >= 0.6 is 0 Å². The van der Waals surface area contributed by atoms with E-state index >= 15 is 0 Å². The van der Waals surface area contributed by atoms with Gasteiger partial charge in [-0.05, 0) is 69.6 Å². The Morgan fingerprint density at radius 2 is 1.94 bits per heavy atom. The largest absolute Gasteiger partial charge is 0.444 e. The number of ether oxygens (including phenoxy) is 1. The average molecular weight is 439 g/mol. The molecule has 172 valence electrons. The summed E-state index contributed by atoms with van der Waals surface area (Å²) in [7, 11) is 0. The van der Waals surface area contributed by atoms with Crippen LogP contribution in [0.5, 0.6) is 0 Å². The van der Waals surface area contributed by atoms with Gasteiger partial charge in [-0.3, -0.25) is 9.89 Å². The summed E-state index contributed by atoms with van der Waals surface area (Å²) in [6.07, 6.45) is 5.79. The van der Waals surface area contributed by atoms with Crippen molar-refractivity contribution in [2.75, 3.05) is 6.54 Å². The number of rotatable bonds is 4. The first-order valence-electron chi connectivity index (χ1n) is 11.7. The summed E-state index contributed by atoms with van der Waals surface area (Å²) in [5.41, 5.74) is 5.48. The second-order valence-corrected chi connectivity index (χ2v) is 9.85. The van der Waals surface area contributed by atoms with Gasteiger partial charge in [0, 0.05) is 24.2 Å². The van der Waals surface area contributed by atoms with Crippen LogP contribution in [0.1, 0.15) is 91.4 Å². The number of amides is 2. The number of benzene rings is 1. The minimum atomic E-state index is -0.558. The molecule has 0 fully saturated rings. The zero-order valence-corrected chi connectivity index (χ0v) is 19.6. The van der Waals surface area contributed by atoms with Gasteiger partial charge in [-0.25, -0.2) is 4.79 Å². The van der Waals surface area contributed by atoms with Gasteiger partial charge in [-0.15, -0.1) is 0 Å². The van der Waals surface area contributed by atoms with E-state index in [2.05, 4.69) is 40.6 Å². The maximum Gasteiger partial charge on any atom is 0.410 e. The molecule has 1 aromatic carbocycles. The molecule has 1 aliphatic carbocycles. The number of hydrogen-bond donors (Lipinski definition) is 2. The maximum atomic E-state index is 13.2. The lowest BCUT2D eigenvalue weighted by atomic mass is 9.88. The third kappa shape index (κ3) is 4.81. The first-order chi connectivity index (χ1) is 15.2. The molecule has 1 atom stereocenters. The van der Waals surface area contributed by atoms with E-state index in [4.69, 9.17) is 4.74 Å². The van der Waals surface area contributed by atoms with Crippen LogP contribution in [0.2, 0.25) is 0 Å². The van der Waals surface area contributed by atoms with E-state index in [0.717, 1.165) is 36.1 Å². The topological polar surface area (TPSA) is 87.3 Å². The van der Waals surface area contributed by atoms with E-state index in [1.807, 2.05) is 20.8 Å². The molecule has 7 heteroatoms. The maximum absolute atomic E-state index is 13.2. The lowest BCUT2D eigenvalue weighted by Gasteiger charge is -2.30. The van der Waals surface area contributed by atoms with Crippen LogP contribution in [-0.4, -0.2) is 39.2 Å². The molecule has 4 rings (SSSR count). The molecule has 2 heterocycles. The minimum absolute atomic E-state index is 0.0763. The van der Waals surface area contributed by atoms with Crippen molar-refractivity contribution in [3.05, 3.63) is 51.8 Å². The van der Waals surface area contributed by atoms with Crippen LogP contribution in [0.4, 0.5) is 4.79 Å². The Morgan fingerprint density at radius 1 is 1.19 bits per heavy atom. The first kappa shape index (κ1) is 22.4. The normalized spacial score (nSPS) is 16.7. The lowest BCUT2D eigenvalue weighted by Crippen LogP contribution is -2.40. The van der Waals surface area contributed by atoms with Crippen molar-refractivity contribution in [1.29, 1.82) is 0 Å². The Morgan fingerprint density at radius 3 is 2.66 bits per heavy atom. The molecular formula is C25H34N4O3. The smallest absolute Gasteiger partial charge is 0.410 e. The zero-order chi connectivity index (χ0) is 22.9. The number of carbonyl (C=O) groups is 2. The number of nitrogens with one attached hydrogen (secondary N) is 2. The van der Waals surface area contributed by atoms with Gasteiger partial charge in [0.15, 0.2) is 5.69 Å². The van der Waals surface area contributed by atoms with E-state index in [0.29, 0.717) is 25.2 Å². The van der Waals surface area contributed by atoms with Gasteiger partial charge in [0.25, 0.3) is 5.91 Å². The standard InChI is InChI=1S/C25H34N4O3/c1-5-20(18-11-10-16-8-6-7-9-17(16)14-18)26-23(30)22-19-15-29(13-12-21(19)27-28-22)24(31)32-25(2,3)4/h10-11,14,20H,5-9,12-13,15H2,1-4H3,(H,26,30)(H,27,28). The molecule has 2 aromatic rings. The lowest BCUT2D eigenvalue weighted by molar-refractivity contribution is 0.0222. The summed E-state index contributed by atoms with van der Waals surface area (Å²) in [5.74, 6) is -0.210. The molecule has 0 radical (unpaired) electrons. The van der Waals surface area contributed by atoms with E-state index in [1.54, 1.807) is 4.90 Å². The number of fused-ring (bicyclic) bond motifs is 2. The molecule has 0 saturated heterocycles. The van der Waals surface area contributed by atoms with E-state index in [-0.39, 0.29) is 18.0 Å². The molecule has 2 aliphatic rings. The van der Waals surface area contributed by atoms with Gasteiger partial charge in [0.1, 0.15) is 5.60 Å². The van der Waals surface area contributed by atoms with Gasteiger partial charge in [-0.1, -0.05) is 25.1 Å². The molecule has 0 bridgehead atoms. The highest BCUT2D eigenvalue weighted by Gasteiger charge is 2.31. The fraction of sp³-hybridized carbons (Fsp3) is 0.560. The van der Waals surface area contributed by atoms with Gasteiger partial charge in [0.2, 0.25) is 0 Å².